The highest BCUT2D eigenvalue weighted by Crippen LogP contribution is 2.30. The van der Waals surface area contributed by atoms with Crippen LogP contribution in [0.4, 0.5) is 0 Å². The van der Waals surface area contributed by atoms with Gasteiger partial charge >= 0.3 is 0 Å². The summed E-state index contributed by atoms with van der Waals surface area (Å²) in [6.07, 6.45) is 9.57. The van der Waals surface area contributed by atoms with Crippen molar-refractivity contribution in [3.05, 3.63) is 30.2 Å². The molecule has 26 heavy (non-hydrogen) atoms. The first kappa shape index (κ1) is 18.7. The van der Waals surface area contributed by atoms with Gasteiger partial charge in [0.2, 0.25) is 0 Å². The quantitative estimate of drug-likeness (QED) is 0.591. The SMILES string of the molecule is CCNC(=NCCC1CCCC(C)C1)NCCc1nnc2ccccn12. The maximum atomic E-state index is 4.77. The fourth-order valence-corrected chi connectivity index (χ4v) is 3.88. The molecule has 0 saturated heterocycles. The first-order chi connectivity index (χ1) is 12.8. The number of aromatic nitrogens is 3. The predicted octanol–water partition coefficient (Wildman–Crippen LogP) is 3.04. The Morgan fingerprint density at radius 3 is 3.04 bits per heavy atom. The molecule has 2 atom stereocenters. The van der Waals surface area contributed by atoms with E-state index in [2.05, 4.69) is 34.7 Å². The first-order valence-electron chi connectivity index (χ1n) is 10.1. The summed E-state index contributed by atoms with van der Waals surface area (Å²) in [5.74, 6) is 3.63. The standard InChI is InChI=1S/C20H32N6/c1-3-21-20(22-12-10-17-8-6-7-16(2)15-17)23-13-11-19-25-24-18-9-4-5-14-26(18)19/h4-5,9,14,16-17H,3,6-8,10-13,15H2,1-2H3,(H2,21,22,23). The van der Waals surface area contributed by atoms with Gasteiger partial charge in [0.25, 0.3) is 0 Å². The van der Waals surface area contributed by atoms with Crippen molar-refractivity contribution in [2.24, 2.45) is 16.8 Å². The lowest BCUT2D eigenvalue weighted by molar-refractivity contribution is 0.272. The van der Waals surface area contributed by atoms with Gasteiger partial charge in [-0.3, -0.25) is 9.39 Å². The van der Waals surface area contributed by atoms with Crippen LogP contribution < -0.4 is 10.6 Å². The highest BCUT2D eigenvalue weighted by atomic mass is 15.2. The number of guanidine groups is 1. The van der Waals surface area contributed by atoms with Gasteiger partial charge in [0.1, 0.15) is 5.82 Å². The van der Waals surface area contributed by atoms with Crippen LogP contribution in [0.2, 0.25) is 0 Å². The van der Waals surface area contributed by atoms with E-state index >= 15 is 0 Å². The average molecular weight is 357 g/mol. The molecule has 0 aromatic carbocycles. The summed E-state index contributed by atoms with van der Waals surface area (Å²) in [6.45, 7) is 7.06. The molecule has 2 unspecified atom stereocenters. The van der Waals surface area contributed by atoms with Crippen molar-refractivity contribution in [3.63, 3.8) is 0 Å². The Morgan fingerprint density at radius 1 is 1.27 bits per heavy atom. The molecule has 1 aliphatic rings. The van der Waals surface area contributed by atoms with Crippen molar-refractivity contribution < 1.29 is 0 Å². The van der Waals surface area contributed by atoms with E-state index < -0.39 is 0 Å². The lowest BCUT2D eigenvalue weighted by atomic mass is 9.81. The second-order valence-electron chi connectivity index (χ2n) is 7.41. The summed E-state index contributed by atoms with van der Waals surface area (Å²) in [5, 5.41) is 15.3. The normalized spacial score (nSPS) is 21.1. The smallest absolute Gasteiger partial charge is 0.191 e. The summed E-state index contributed by atoms with van der Waals surface area (Å²) in [6, 6.07) is 5.96. The van der Waals surface area contributed by atoms with Gasteiger partial charge in [-0.05, 0) is 43.7 Å². The molecule has 2 heterocycles. The topological polar surface area (TPSA) is 66.6 Å². The van der Waals surface area contributed by atoms with E-state index in [1.807, 2.05) is 28.8 Å². The summed E-state index contributed by atoms with van der Waals surface area (Å²) in [7, 11) is 0. The van der Waals surface area contributed by atoms with Crippen molar-refractivity contribution in [2.75, 3.05) is 19.6 Å². The maximum Gasteiger partial charge on any atom is 0.191 e. The Bertz CT molecular complexity index is 707. The number of nitrogens with zero attached hydrogens (tertiary/aromatic N) is 4. The van der Waals surface area contributed by atoms with Gasteiger partial charge in [0.15, 0.2) is 11.6 Å². The summed E-state index contributed by atoms with van der Waals surface area (Å²) >= 11 is 0. The van der Waals surface area contributed by atoms with Gasteiger partial charge in [0.05, 0.1) is 0 Å². The second-order valence-corrected chi connectivity index (χ2v) is 7.41. The van der Waals surface area contributed by atoms with Gasteiger partial charge in [-0.2, -0.15) is 0 Å². The highest BCUT2D eigenvalue weighted by Gasteiger charge is 2.18. The van der Waals surface area contributed by atoms with Crippen molar-refractivity contribution in [1.82, 2.24) is 25.2 Å². The molecule has 1 fully saturated rings. The van der Waals surface area contributed by atoms with E-state index in [1.54, 1.807) is 0 Å². The molecule has 1 aliphatic carbocycles. The Labute approximate surface area is 156 Å². The zero-order valence-corrected chi connectivity index (χ0v) is 16.1. The molecule has 6 heteroatoms. The summed E-state index contributed by atoms with van der Waals surface area (Å²) in [4.78, 5) is 4.77. The molecular weight excluding hydrogens is 324 g/mol. The van der Waals surface area contributed by atoms with E-state index in [0.29, 0.717) is 0 Å². The molecule has 2 aromatic rings. The van der Waals surface area contributed by atoms with Gasteiger partial charge < -0.3 is 10.6 Å². The van der Waals surface area contributed by atoms with Gasteiger partial charge in [-0.1, -0.05) is 32.3 Å². The van der Waals surface area contributed by atoms with Crippen molar-refractivity contribution >= 4 is 11.6 Å². The minimum atomic E-state index is 0.794. The third-order valence-corrected chi connectivity index (χ3v) is 5.22. The number of aliphatic imine (C=N–C) groups is 1. The molecule has 1 saturated carbocycles. The minimum Gasteiger partial charge on any atom is -0.357 e. The van der Waals surface area contributed by atoms with Crippen LogP contribution in [0.5, 0.6) is 0 Å². The van der Waals surface area contributed by atoms with Crippen molar-refractivity contribution in [2.45, 2.75) is 52.4 Å². The van der Waals surface area contributed by atoms with Crippen molar-refractivity contribution in [3.8, 4) is 0 Å². The molecule has 6 nitrogen and oxygen atoms in total. The summed E-state index contributed by atoms with van der Waals surface area (Å²) < 4.78 is 2.04. The number of fused-ring (bicyclic) bond motifs is 1. The zero-order valence-electron chi connectivity index (χ0n) is 16.1. The van der Waals surface area contributed by atoms with Crippen molar-refractivity contribution in [1.29, 1.82) is 0 Å². The average Bonchev–Trinajstić information content (AvgIpc) is 3.05. The second kappa shape index (κ2) is 9.55. The van der Waals surface area contributed by atoms with E-state index in [1.165, 1.54) is 32.1 Å². The van der Waals surface area contributed by atoms with Crippen LogP contribution in [0, 0.1) is 11.8 Å². The number of pyridine rings is 1. The van der Waals surface area contributed by atoms with E-state index in [-0.39, 0.29) is 0 Å². The van der Waals surface area contributed by atoms with Gasteiger partial charge in [-0.25, -0.2) is 0 Å². The van der Waals surface area contributed by atoms with Crippen LogP contribution in [0.3, 0.4) is 0 Å². The molecule has 0 aliphatic heterocycles. The Morgan fingerprint density at radius 2 is 2.19 bits per heavy atom. The minimum absolute atomic E-state index is 0.794. The largest absolute Gasteiger partial charge is 0.357 e. The number of hydrogen-bond acceptors (Lipinski definition) is 3. The van der Waals surface area contributed by atoms with Crippen LogP contribution in [0.25, 0.3) is 5.65 Å². The Balaban J connectivity index is 1.46. The van der Waals surface area contributed by atoms with Gasteiger partial charge in [-0.15, -0.1) is 10.2 Å². The first-order valence-corrected chi connectivity index (χ1v) is 10.1. The van der Waals surface area contributed by atoms with Crippen LogP contribution in [-0.2, 0) is 6.42 Å². The lowest BCUT2D eigenvalue weighted by Crippen LogP contribution is -2.38. The third-order valence-electron chi connectivity index (χ3n) is 5.22. The van der Waals surface area contributed by atoms with Crippen LogP contribution in [0.15, 0.2) is 29.4 Å². The molecular formula is C20H32N6. The monoisotopic (exact) mass is 356 g/mol. The molecule has 142 valence electrons. The van der Waals surface area contributed by atoms with Gasteiger partial charge in [0, 0.05) is 32.3 Å². The van der Waals surface area contributed by atoms with E-state index in [4.69, 9.17) is 4.99 Å². The summed E-state index contributed by atoms with van der Waals surface area (Å²) in [5.41, 5.74) is 0.893. The van der Waals surface area contributed by atoms with Crippen LogP contribution in [-0.4, -0.2) is 40.2 Å². The fourth-order valence-electron chi connectivity index (χ4n) is 3.88. The molecule has 3 rings (SSSR count). The zero-order chi connectivity index (χ0) is 18.2. The molecule has 2 N–H and O–H groups in total. The number of rotatable bonds is 7. The van der Waals surface area contributed by atoms with E-state index in [0.717, 1.165) is 55.3 Å². The lowest BCUT2D eigenvalue weighted by Gasteiger charge is -2.26. The molecule has 0 spiro atoms. The number of nitrogens with one attached hydrogen (secondary N) is 2. The van der Waals surface area contributed by atoms with Crippen LogP contribution >= 0.6 is 0 Å². The highest BCUT2D eigenvalue weighted by molar-refractivity contribution is 5.79. The molecule has 0 amide bonds. The maximum absolute atomic E-state index is 4.77. The molecule has 2 aromatic heterocycles. The Kier molecular flexibility index (Phi) is 6.86. The fraction of sp³-hybridized carbons (Fsp3) is 0.650. The predicted molar refractivity (Wildman–Crippen MR) is 106 cm³/mol. The molecule has 0 bridgehead atoms. The van der Waals surface area contributed by atoms with Crippen LogP contribution in [0.1, 0.15) is 51.8 Å². The molecule has 0 radical (unpaired) electrons. The Hall–Kier alpha value is -2.11. The van der Waals surface area contributed by atoms with E-state index in [9.17, 15) is 0 Å². The third kappa shape index (κ3) is 5.19. The number of hydrogen-bond donors (Lipinski definition) is 2.